The molecule has 1 heterocycles. The minimum atomic E-state index is -0.116. The fraction of sp³-hybridized carbons (Fsp3) is 0.316. The van der Waals surface area contributed by atoms with E-state index in [1.807, 2.05) is 30.3 Å². The highest BCUT2D eigenvalue weighted by molar-refractivity contribution is 6.01. The molecule has 1 aromatic carbocycles. The Hall–Kier alpha value is -2.87. The average molecular weight is 320 g/mol. The van der Waals surface area contributed by atoms with Crippen LogP contribution in [-0.2, 0) is 0 Å². The first-order chi connectivity index (χ1) is 11.7. The molecule has 0 unspecified atom stereocenters. The summed E-state index contributed by atoms with van der Waals surface area (Å²) in [4.78, 5) is 19.0. The van der Waals surface area contributed by atoms with Crippen molar-refractivity contribution >= 4 is 11.6 Å². The molecule has 122 valence electrons. The van der Waals surface area contributed by atoms with Crippen molar-refractivity contribution in [1.82, 2.24) is 9.88 Å². The Kier molecular flexibility index (Phi) is 4.76. The first-order valence-electron chi connectivity index (χ1n) is 8.17. The number of anilines is 1. The van der Waals surface area contributed by atoms with Crippen LogP contribution in [0.15, 0.2) is 42.6 Å². The number of nitrogen functional groups attached to an aromatic ring is 1. The monoisotopic (exact) mass is 320 g/mol. The zero-order valence-electron chi connectivity index (χ0n) is 13.5. The predicted molar refractivity (Wildman–Crippen MR) is 92.9 cm³/mol. The Morgan fingerprint density at radius 1 is 1.29 bits per heavy atom. The molecule has 0 aliphatic heterocycles. The molecule has 1 amide bonds. The van der Waals surface area contributed by atoms with Crippen LogP contribution in [0.2, 0.25) is 0 Å². The van der Waals surface area contributed by atoms with E-state index in [2.05, 4.69) is 11.1 Å². The number of benzene rings is 1. The minimum absolute atomic E-state index is 0.116. The van der Waals surface area contributed by atoms with E-state index < -0.39 is 0 Å². The maximum atomic E-state index is 12.9. The second-order valence-electron chi connectivity index (χ2n) is 6.09. The number of rotatable bonds is 6. The molecule has 24 heavy (non-hydrogen) atoms. The first-order valence-corrected chi connectivity index (χ1v) is 8.17. The molecule has 0 saturated heterocycles. The molecule has 2 aromatic rings. The number of hydrogen-bond donors (Lipinski definition) is 1. The molecule has 1 aliphatic rings. The molecular weight excluding hydrogens is 300 g/mol. The zero-order valence-corrected chi connectivity index (χ0v) is 13.5. The summed E-state index contributed by atoms with van der Waals surface area (Å²) >= 11 is 0. The summed E-state index contributed by atoms with van der Waals surface area (Å²) < 4.78 is 0. The summed E-state index contributed by atoms with van der Waals surface area (Å²) in [5, 5.41) is 8.84. The lowest BCUT2D eigenvalue weighted by Gasteiger charge is -2.22. The molecule has 0 atom stereocenters. The summed E-state index contributed by atoms with van der Waals surface area (Å²) in [6.45, 7) is 1.14. The molecule has 1 fully saturated rings. The zero-order chi connectivity index (χ0) is 16.9. The van der Waals surface area contributed by atoms with Crippen molar-refractivity contribution in [3.05, 3.63) is 48.2 Å². The van der Waals surface area contributed by atoms with E-state index >= 15 is 0 Å². The van der Waals surface area contributed by atoms with Crippen LogP contribution in [0.25, 0.3) is 11.3 Å². The van der Waals surface area contributed by atoms with Crippen LogP contribution >= 0.6 is 0 Å². The Balaban J connectivity index is 1.89. The van der Waals surface area contributed by atoms with E-state index in [0.29, 0.717) is 42.4 Å². The molecule has 2 N–H and O–H groups in total. The van der Waals surface area contributed by atoms with E-state index in [0.717, 1.165) is 18.4 Å². The number of hydrogen-bond acceptors (Lipinski definition) is 4. The average Bonchev–Trinajstić information content (AvgIpc) is 3.43. The molecule has 1 aromatic heterocycles. The SMILES string of the molecule is N#CCCN(CC1CC1)C(=O)c1ccnc(-c2ccccc2)c1N. The van der Waals surface area contributed by atoms with E-state index in [-0.39, 0.29) is 5.91 Å². The molecule has 0 spiro atoms. The van der Waals surface area contributed by atoms with Gasteiger partial charge in [-0.2, -0.15) is 5.26 Å². The van der Waals surface area contributed by atoms with E-state index in [4.69, 9.17) is 11.0 Å². The number of aromatic nitrogens is 1. The van der Waals surface area contributed by atoms with Crippen molar-refractivity contribution in [3.8, 4) is 17.3 Å². The van der Waals surface area contributed by atoms with Gasteiger partial charge in [-0.3, -0.25) is 9.78 Å². The van der Waals surface area contributed by atoms with Gasteiger partial charge in [0.15, 0.2) is 0 Å². The lowest BCUT2D eigenvalue weighted by molar-refractivity contribution is 0.0752. The van der Waals surface area contributed by atoms with Crippen molar-refractivity contribution in [2.75, 3.05) is 18.8 Å². The minimum Gasteiger partial charge on any atom is -0.396 e. The van der Waals surface area contributed by atoms with Crippen molar-refractivity contribution in [2.24, 2.45) is 5.92 Å². The molecule has 5 nitrogen and oxygen atoms in total. The molecule has 0 radical (unpaired) electrons. The summed E-state index contributed by atoms with van der Waals surface area (Å²) in [7, 11) is 0. The molecule has 3 rings (SSSR count). The van der Waals surface area contributed by atoms with Gasteiger partial charge in [-0.1, -0.05) is 30.3 Å². The maximum Gasteiger partial charge on any atom is 0.256 e. The highest BCUT2D eigenvalue weighted by atomic mass is 16.2. The van der Waals surface area contributed by atoms with Crippen LogP contribution in [0, 0.1) is 17.2 Å². The van der Waals surface area contributed by atoms with Crippen molar-refractivity contribution in [2.45, 2.75) is 19.3 Å². The molecular formula is C19H20N4O. The Morgan fingerprint density at radius 3 is 2.71 bits per heavy atom. The third-order valence-corrected chi connectivity index (χ3v) is 4.22. The number of carbonyl (C=O) groups is 1. The number of carbonyl (C=O) groups excluding carboxylic acids is 1. The van der Waals surface area contributed by atoms with Gasteiger partial charge in [-0.15, -0.1) is 0 Å². The van der Waals surface area contributed by atoms with Crippen LogP contribution in [0.4, 0.5) is 5.69 Å². The summed E-state index contributed by atoms with van der Waals surface area (Å²) in [5.41, 5.74) is 8.61. The van der Waals surface area contributed by atoms with Gasteiger partial charge in [0.1, 0.15) is 0 Å². The fourth-order valence-electron chi connectivity index (χ4n) is 2.73. The molecule has 1 aliphatic carbocycles. The van der Waals surface area contributed by atoms with Gasteiger partial charge in [0.05, 0.1) is 29.4 Å². The third kappa shape index (κ3) is 3.54. The van der Waals surface area contributed by atoms with E-state index in [1.54, 1.807) is 17.2 Å². The third-order valence-electron chi connectivity index (χ3n) is 4.22. The lowest BCUT2D eigenvalue weighted by atomic mass is 10.1. The number of nitrogens with zero attached hydrogens (tertiary/aromatic N) is 3. The highest BCUT2D eigenvalue weighted by Crippen LogP contribution is 2.31. The smallest absolute Gasteiger partial charge is 0.256 e. The van der Waals surface area contributed by atoms with E-state index in [9.17, 15) is 4.79 Å². The van der Waals surface area contributed by atoms with E-state index in [1.165, 1.54) is 0 Å². The van der Waals surface area contributed by atoms with Gasteiger partial charge in [0.2, 0.25) is 0 Å². The Morgan fingerprint density at radius 2 is 2.04 bits per heavy atom. The first kappa shape index (κ1) is 16.0. The highest BCUT2D eigenvalue weighted by Gasteiger charge is 2.28. The lowest BCUT2D eigenvalue weighted by Crippen LogP contribution is -2.34. The fourth-order valence-corrected chi connectivity index (χ4v) is 2.73. The van der Waals surface area contributed by atoms with Crippen molar-refractivity contribution in [3.63, 3.8) is 0 Å². The number of nitriles is 1. The van der Waals surface area contributed by atoms with Gasteiger partial charge < -0.3 is 10.6 Å². The number of nitrogens with two attached hydrogens (primary N) is 1. The quantitative estimate of drug-likeness (QED) is 0.886. The summed E-state index contributed by atoms with van der Waals surface area (Å²) in [6, 6.07) is 13.4. The summed E-state index contributed by atoms with van der Waals surface area (Å²) in [5.74, 6) is 0.443. The van der Waals surface area contributed by atoms with Crippen LogP contribution in [0.1, 0.15) is 29.6 Å². The van der Waals surface area contributed by atoms with Gasteiger partial charge >= 0.3 is 0 Å². The largest absolute Gasteiger partial charge is 0.396 e. The Bertz CT molecular complexity index is 763. The molecule has 5 heteroatoms. The molecule has 0 bridgehead atoms. The van der Waals surface area contributed by atoms with Gasteiger partial charge in [0.25, 0.3) is 5.91 Å². The normalized spacial score (nSPS) is 13.3. The predicted octanol–water partition coefficient (Wildman–Crippen LogP) is 3.10. The van der Waals surface area contributed by atoms with Crippen LogP contribution in [-0.4, -0.2) is 28.9 Å². The van der Waals surface area contributed by atoms with Gasteiger partial charge in [0, 0.05) is 24.8 Å². The van der Waals surface area contributed by atoms with Crippen LogP contribution in [0.3, 0.4) is 0 Å². The van der Waals surface area contributed by atoms with Crippen molar-refractivity contribution in [1.29, 1.82) is 5.26 Å². The van der Waals surface area contributed by atoms with Crippen molar-refractivity contribution < 1.29 is 4.79 Å². The second kappa shape index (κ2) is 7.14. The summed E-state index contributed by atoms with van der Waals surface area (Å²) in [6.07, 6.45) is 4.25. The maximum absolute atomic E-state index is 12.9. The standard InChI is InChI=1S/C19H20N4O/c20-10-4-12-23(13-14-7-8-14)19(24)16-9-11-22-18(17(16)21)15-5-2-1-3-6-15/h1-3,5-6,9,11,14H,4,7-8,12-13,21H2. The number of amides is 1. The molecule has 1 saturated carbocycles. The van der Waals surface area contributed by atoms with Gasteiger partial charge in [-0.05, 0) is 24.8 Å². The van der Waals surface area contributed by atoms with Crippen LogP contribution < -0.4 is 5.73 Å². The topological polar surface area (TPSA) is 83.0 Å². The number of pyridine rings is 1. The van der Waals surface area contributed by atoms with Crippen LogP contribution in [0.5, 0.6) is 0 Å². The van der Waals surface area contributed by atoms with Gasteiger partial charge in [-0.25, -0.2) is 0 Å². The second-order valence-corrected chi connectivity index (χ2v) is 6.09. The Labute approximate surface area is 141 Å².